The zero-order valence-corrected chi connectivity index (χ0v) is 13.8. The lowest BCUT2D eigenvalue weighted by molar-refractivity contribution is 0.473. The number of nitrogens with one attached hydrogen (secondary N) is 1. The largest absolute Gasteiger partial charge is 0.309 e. The molecule has 0 saturated carbocycles. The van der Waals surface area contributed by atoms with Gasteiger partial charge < -0.3 is 5.32 Å². The molecule has 1 heterocycles. The summed E-state index contributed by atoms with van der Waals surface area (Å²) in [7, 11) is 0. The molecular formula is C16H20BrNS. The van der Waals surface area contributed by atoms with Crippen LogP contribution < -0.4 is 5.32 Å². The Morgan fingerprint density at radius 3 is 2.47 bits per heavy atom. The van der Waals surface area contributed by atoms with Gasteiger partial charge in [0.2, 0.25) is 0 Å². The van der Waals surface area contributed by atoms with E-state index in [1.807, 2.05) is 11.3 Å². The van der Waals surface area contributed by atoms with Gasteiger partial charge in [0.1, 0.15) is 0 Å². The van der Waals surface area contributed by atoms with Gasteiger partial charge in [0.15, 0.2) is 0 Å². The molecule has 1 N–H and O–H groups in total. The van der Waals surface area contributed by atoms with Gasteiger partial charge in [-0.05, 0) is 46.6 Å². The Kier molecular flexibility index (Phi) is 5.61. The van der Waals surface area contributed by atoms with E-state index in [1.54, 1.807) is 0 Å². The Hall–Kier alpha value is -0.640. The quantitative estimate of drug-likeness (QED) is 0.748. The van der Waals surface area contributed by atoms with Gasteiger partial charge in [-0.25, -0.2) is 0 Å². The summed E-state index contributed by atoms with van der Waals surface area (Å²) in [4.78, 5) is 1.40. The van der Waals surface area contributed by atoms with Gasteiger partial charge in [0.25, 0.3) is 0 Å². The minimum atomic E-state index is 0.388. The van der Waals surface area contributed by atoms with Gasteiger partial charge in [-0.3, -0.25) is 0 Å². The average Bonchev–Trinajstić information content (AvgIpc) is 2.86. The summed E-state index contributed by atoms with van der Waals surface area (Å²) in [6, 6.07) is 15.5. The van der Waals surface area contributed by atoms with Crippen molar-refractivity contribution in [3.63, 3.8) is 0 Å². The van der Waals surface area contributed by atoms with Crippen molar-refractivity contribution in [2.24, 2.45) is 0 Å². The highest BCUT2D eigenvalue weighted by molar-refractivity contribution is 9.11. The van der Waals surface area contributed by atoms with E-state index in [4.69, 9.17) is 0 Å². The lowest BCUT2D eigenvalue weighted by Crippen LogP contribution is -2.26. The summed E-state index contributed by atoms with van der Waals surface area (Å²) in [5.74, 6) is 0.471. The highest BCUT2D eigenvalue weighted by Crippen LogP contribution is 2.35. The molecule has 2 rings (SSSR count). The third kappa shape index (κ3) is 3.91. The number of hydrogen-bond acceptors (Lipinski definition) is 2. The standard InChI is InChI=1S/C16H20BrNS/c1-3-11-18-16(14-9-10-15(17)19-14)12(2)13-7-5-4-6-8-13/h4-10,12,16,18H,3,11H2,1-2H3. The molecule has 0 aliphatic heterocycles. The van der Waals surface area contributed by atoms with E-state index in [9.17, 15) is 0 Å². The van der Waals surface area contributed by atoms with Crippen molar-refractivity contribution in [1.82, 2.24) is 5.32 Å². The van der Waals surface area contributed by atoms with Crippen LogP contribution in [0.25, 0.3) is 0 Å². The first-order valence-corrected chi connectivity index (χ1v) is 8.37. The Morgan fingerprint density at radius 2 is 1.89 bits per heavy atom. The predicted octanol–water partition coefficient (Wildman–Crippen LogP) is 5.36. The molecule has 0 aliphatic carbocycles. The lowest BCUT2D eigenvalue weighted by Gasteiger charge is -2.24. The molecule has 102 valence electrons. The monoisotopic (exact) mass is 337 g/mol. The van der Waals surface area contributed by atoms with Crippen LogP contribution in [0.15, 0.2) is 46.3 Å². The maximum Gasteiger partial charge on any atom is 0.0701 e. The molecule has 1 nitrogen and oxygen atoms in total. The Labute approximate surface area is 128 Å². The Morgan fingerprint density at radius 1 is 1.16 bits per heavy atom. The number of thiophene rings is 1. The lowest BCUT2D eigenvalue weighted by atomic mass is 9.92. The second-order valence-corrected chi connectivity index (χ2v) is 7.27. The molecule has 0 aliphatic rings. The highest BCUT2D eigenvalue weighted by atomic mass is 79.9. The van der Waals surface area contributed by atoms with E-state index >= 15 is 0 Å². The van der Waals surface area contributed by atoms with E-state index in [1.165, 1.54) is 14.2 Å². The minimum absolute atomic E-state index is 0.388. The number of halogens is 1. The normalized spacial score (nSPS) is 14.3. The van der Waals surface area contributed by atoms with Crippen LogP contribution in [0, 0.1) is 0 Å². The summed E-state index contributed by atoms with van der Waals surface area (Å²) < 4.78 is 1.20. The topological polar surface area (TPSA) is 12.0 Å². The third-order valence-electron chi connectivity index (χ3n) is 3.34. The van der Waals surface area contributed by atoms with Gasteiger partial charge >= 0.3 is 0 Å². The van der Waals surface area contributed by atoms with Crippen molar-refractivity contribution in [3.8, 4) is 0 Å². The molecule has 2 aromatic rings. The molecule has 0 amide bonds. The van der Waals surface area contributed by atoms with Crippen LogP contribution in [0.5, 0.6) is 0 Å². The van der Waals surface area contributed by atoms with Crippen molar-refractivity contribution in [3.05, 3.63) is 56.7 Å². The molecule has 0 saturated heterocycles. The Bertz CT molecular complexity index is 494. The van der Waals surface area contributed by atoms with E-state index in [2.05, 4.69) is 77.6 Å². The molecule has 2 unspecified atom stereocenters. The first kappa shape index (κ1) is 14.8. The first-order valence-electron chi connectivity index (χ1n) is 6.76. The van der Waals surface area contributed by atoms with Crippen LogP contribution in [0.2, 0.25) is 0 Å². The van der Waals surface area contributed by atoms with Gasteiger partial charge in [0, 0.05) is 16.8 Å². The van der Waals surface area contributed by atoms with Crippen LogP contribution in [0.1, 0.15) is 42.7 Å². The van der Waals surface area contributed by atoms with Crippen LogP contribution in [-0.2, 0) is 0 Å². The maximum atomic E-state index is 3.69. The summed E-state index contributed by atoms with van der Waals surface area (Å²) in [6.07, 6.45) is 1.16. The molecule has 3 heteroatoms. The minimum Gasteiger partial charge on any atom is -0.309 e. The second kappa shape index (κ2) is 7.22. The van der Waals surface area contributed by atoms with Crippen molar-refractivity contribution < 1.29 is 0 Å². The van der Waals surface area contributed by atoms with Gasteiger partial charge in [-0.15, -0.1) is 11.3 Å². The van der Waals surface area contributed by atoms with Gasteiger partial charge in [-0.1, -0.05) is 44.2 Å². The van der Waals surface area contributed by atoms with E-state index in [0.29, 0.717) is 12.0 Å². The molecule has 1 aromatic heterocycles. The molecule has 2 atom stereocenters. The van der Waals surface area contributed by atoms with Crippen LogP contribution in [0.4, 0.5) is 0 Å². The molecule has 1 aromatic carbocycles. The SMILES string of the molecule is CCCNC(c1ccc(Br)s1)C(C)c1ccccc1. The van der Waals surface area contributed by atoms with Crippen molar-refractivity contribution in [2.45, 2.75) is 32.2 Å². The number of hydrogen-bond donors (Lipinski definition) is 1. The van der Waals surface area contributed by atoms with Crippen LogP contribution >= 0.6 is 27.3 Å². The second-order valence-electron chi connectivity index (χ2n) is 4.77. The fourth-order valence-corrected chi connectivity index (χ4v) is 3.87. The zero-order chi connectivity index (χ0) is 13.7. The van der Waals surface area contributed by atoms with E-state index in [-0.39, 0.29) is 0 Å². The zero-order valence-electron chi connectivity index (χ0n) is 11.4. The molecule has 0 radical (unpaired) electrons. The maximum absolute atomic E-state index is 3.69. The molecule has 19 heavy (non-hydrogen) atoms. The third-order valence-corrected chi connectivity index (χ3v) is 5.05. The number of benzene rings is 1. The summed E-state index contributed by atoms with van der Waals surface area (Å²) in [5.41, 5.74) is 1.39. The molecule has 0 fully saturated rings. The fraction of sp³-hybridized carbons (Fsp3) is 0.375. The fourth-order valence-electron chi connectivity index (χ4n) is 2.27. The number of rotatable bonds is 6. The molecule has 0 spiro atoms. The molecule has 0 bridgehead atoms. The van der Waals surface area contributed by atoms with E-state index < -0.39 is 0 Å². The molecular weight excluding hydrogens is 318 g/mol. The van der Waals surface area contributed by atoms with E-state index in [0.717, 1.165) is 13.0 Å². The van der Waals surface area contributed by atoms with Gasteiger partial charge in [-0.2, -0.15) is 0 Å². The van der Waals surface area contributed by atoms with Crippen LogP contribution in [0.3, 0.4) is 0 Å². The summed E-state index contributed by atoms with van der Waals surface area (Å²) in [5, 5.41) is 3.69. The van der Waals surface area contributed by atoms with Crippen molar-refractivity contribution in [2.75, 3.05) is 6.54 Å². The van der Waals surface area contributed by atoms with Crippen molar-refractivity contribution >= 4 is 27.3 Å². The smallest absolute Gasteiger partial charge is 0.0701 e. The summed E-state index contributed by atoms with van der Waals surface area (Å²) in [6.45, 7) is 5.56. The summed E-state index contributed by atoms with van der Waals surface area (Å²) >= 11 is 5.39. The highest BCUT2D eigenvalue weighted by Gasteiger charge is 2.21. The predicted molar refractivity (Wildman–Crippen MR) is 87.9 cm³/mol. The first-order chi connectivity index (χ1) is 9.22. The van der Waals surface area contributed by atoms with Crippen LogP contribution in [-0.4, -0.2) is 6.54 Å². The Balaban J connectivity index is 2.22. The van der Waals surface area contributed by atoms with Crippen molar-refractivity contribution in [1.29, 1.82) is 0 Å². The average molecular weight is 338 g/mol. The van der Waals surface area contributed by atoms with Gasteiger partial charge in [0.05, 0.1) is 3.79 Å².